The van der Waals surface area contributed by atoms with Gasteiger partial charge in [-0.3, -0.25) is 52.7 Å². The van der Waals surface area contributed by atoms with Crippen molar-refractivity contribution >= 4 is 116 Å². The molecule has 0 spiro atoms. The molecule has 0 aromatic rings. The quantitative estimate of drug-likeness (QED) is 0.0153. The molecule has 0 saturated carbocycles. The summed E-state index contributed by atoms with van der Waals surface area (Å²) in [6, 6.07) is -18.8. The van der Waals surface area contributed by atoms with Gasteiger partial charge in [-0.05, 0) is 122 Å². The zero-order valence-corrected chi connectivity index (χ0v) is 79.8. The van der Waals surface area contributed by atoms with Gasteiger partial charge in [0.05, 0.1) is 41.6 Å². The van der Waals surface area contributed by atoms with E-state index in [9.17, 15) is 128 Å². The summed E-state index contributed by atoms with van der Waals surface area (Å²) in [6.07, 6.45) is -5.63. The maximum Gasteiger partial charge on any atom is 1.00 e. The summed E-state index contributed by atoms with van der Waals surface area (Å²) < 4.78 is 173. The molecule has 1 aliphatic heterocycles. The molecular formula is C58H105N16Na5O28S5. The topological polar surface area (TPSA) is 707 Å². The van der Waals surface area contributed by atoms with Crippen LogP contribution in [0, 0.1) is 17.8 Å². The first kappa shape index (κ1) is 119. The molecule has 1 saturated heterocycles. The van der Waals surface area contributed by atoms with Gasteiger partial charge in [-0.15, -0.1) is 0 Å². The van der Waals surface area contributed by atoms with Crippen molar-refractivity contribution in [1.29, 1.82) is 0 Å². The number of carbonyl (C=O) groups excluding carboxylic acids is 11. The van der Waals surface area contributed by atoms with Gasteiger partial charge in [0, 0.05) is 13.0 Å². The Bertz CT molecular complexity index is 3550. The van der Waals surface area contributed by atoms with E-state index in [2.05, 4.69) is 85.1 Å². The van der Waals surface area contributed by atoms with Gasteiger partial charge in [0.1, 0.15) is 111 Å². The first-order valence-corrected chi connectivity index (χ1v) is 42.2. The number of hydrogen-bond acceptors (Lipinski definition) is 33. The normalized spacial score (nSPS) is 20.5. The second-order valence-electron chi connectivity index (χ2n) is 26.6. The molecule has 1 aliphatic rings. The first-order chi connectivity index (χ1) is 49.4. The summed E-state index contributed by atoms with van der Waals surface area (Å²) in [5.74, 6) is -20.0. The van der Waals surface area contributed by atoms with Crippen LogP contribution in [0.4, 0.5) is 0 Å². The maximum absolute atomic E-state index is 14.9. The molecule has 1 rings (SSSR count). The molecule has 13 atom stereocenters. The summed E-state index contributed by atoms with van der Waals surface area (Å²) in [5.41, 5.74) is 0. The summed E-state index contributed by atoms with van der Waals surface area (Å²) in [7, 11) is -24.8. The van der Waals surface area contributed by atoms with Crippen LogP contribution in [0.15, 0.2) is 0 Å². The monoisotopic (exact) mass is 1750 g/mol. The first-order valence-electron chi connectivity index (χ1n) is 34.3. The van der Waals surface area contributed by atoms with E-state index in [-0.39, 0.29) is 167 Å². The second kappa shape index (κ2) is 60.0. The van der Waals surface area contributed by atoms with Gasteiger partial charge in [0.25, 0.3) is 0 Å². The van der Waals surface area contributed by atoms with Crippen molar-refractivity contribution in [2.45, 2.75) is 211 Å². The minimum atomic E-state index is -5.03. The largest absolute Gasteiger partial charge is 1.00 e. The Morgan fingerprint density at radius 3 is 1.14 bits per heavy atom. The van der Waals surface area contributed by atoms with Gasteiger partial charge < -0.3 is 118 Å². The molecule has 54 heteroatoms. The third kappa shape index (κ3) is 56.1. The fraction of sp³-hybridized carbons (Fsp3) is 0.810. The van der Waals surface area contributed by atoms with Crippen molar-refractivity contribution in [3.63, 3.8) is 0 Å². The minimum absolute atomic E-state index is 0. The van der Waals surface area contributed by atoms with E-state index in [0.29, 0.717) is 18.8 Å². The van der Waals surface area contributed by atoms with E-state index in [1.807, 2.05) is 13.8 Å². The van der Waals surface area contributed by atoms with E-state index in [0.717, 1.165) is 26.7 Å². The fourth-order valence-corrected chi connectivity index (χ4v) is 12.1. The smallest absolute Gasteiger partial charge is 0.747 e. The van der Waals surface area contributed by atoms with E-state index < -0.39 is 307 Å². The van der Waals surface area contributed by atoms with Crippen LogP contribution in [0.1, 0.15) is 139 Å². The van der Waals surface area contributed by atoms with Crippen LogP contribution in [-0.2, 0) is 103 Å². The van der Waals surface area contributed by atoms with Crippen LogP contribution in [0.2, 0.25) is 0 Å². The Morgan fingerprint density at radius 2 is 0.786 bits per heavy atom. The van der Waals surface area contributed by atoms with Crippen molar-refractivity contribution in [1.82, 2.24) is 85.1 Å². The molecule has 620 valence electrons. The zero-order valence-electron chi connectivity index (χ0n) is 65.7. The van der Waals surface area contributed by atoms with Gasteiger partial charge in [-0.2, -0.15) is 0 Å². The van der Waals surface area contributed by atoms with Crippen molar-refractivity contribution in [3.05, 3.63) is 0 Å². The SMILES string of the molecule is CC[C@@H](C)CCCCC(=O)N[C@@H](CCNCS(=O)(=O)[O-])C(=O)N[C@H](C(=O)N[C@@H](CCNCS(=O)(=O)[O-])C(=O)NC1CCNC(=O)C([C@@H](C)O)NC(=O)[C@H](CCNCS(=O)(=O)[O-])NC(=O)[C@H](CCNCS(=O)(=O)[O-])NC(=O)[C@H](CC(C)C)NC(=O)[C@@H](CC(C)C)NC(=O)C(CCNCS(=O)(=O)[O-])NC1=O)[C@@H](C)O.[Na+].[Na+].[Na+].[Na+].[Na+]. The third-order valence-electron chi connectivity index (χ3n) is 15.8. The Hall–Kier alpha value is -1.56. The van der Waals surface area contributed by atoms with Crippen molar-refractivity contribution < 1.29 is 276 Å². The number of nitrogens with one attached hydrogen (secondary N) is 16. The summed E-state index contributed by atoms with van der Waals surface area (Å²) in [4.78, 5) is 158. The second-order valence-corrected chi connectivity index (χ2v) is 33.6. The van der Waals surface area contributed by atoms with Gasteiger partial charge in [-0.1, -0.05) is 60.8 Å². The standard InChI is InChI=1S/C58H110N16O28S5.5Na/c1-9-35(6)12-10-11-13-46(77)65-38(14-20-59-28-103(88,89)90)53(82)74-48(37(8)76)58(87)70-41(17-23-62-31-106(97,98)99)50(79)68-43-19-25-64-57(86)47(36(7)75)73-54(83)42(18-24-63-32-107(100,101)102)67-49(78)39(15-21-60-29-104(91,92)93)69-55(84)44(26-33(2)3)72-56(85)45(27-34(4)5)71-52(81)40(66-51(43)80)16-22-61-30-105(94,95)96;;;;;/h33-45,47-48,59-63,75-76H,9-32H2,1-8H3,(H,64,86)(H,65,77)(H,66,80)(H,67,78)(H,68,79)(H,69,84)(H,70,87)(H,71,81)(H,72,85)(H,73,83)(H,74,82)(H,88,89,90)(H,91,92,93)(H,94,95,96)(H,97,98,99)(H,100,101,102);;;;;/q;5*+1/p-5/t35-,36-,37-,38+,39+,40?,41+,42+,43?,44+,45-,47?,48+;;;;;/m1...../s1. The minimum Gasteiger partial charge on any atom is -0.747 e. The van der Waals surface area contributed by atoms with Crippen LogP contribution in [-0.4, -0.2) is 281 Å². The molecule has 18 N–H and O–H groups in total. The number of unbranched alkanes of at least 4 members (excludes halogenated alkanes) is 1. The number of hydrogen-bond donors (Lipinski definition) is 18. The van der Waals surface area contributed by atoms with E-state index >= 15 is 0 Å². The Kier molecular flexibility index (Phi) is 63.8. The van der Waals surface area contributed by atoms with Crippen LogP contribution < -0.4 is 233 Å². The van der Waals surface area contributed by atoms with Crippen LogP contribution in [0.5, 0.6) is 0 Å². The predicted molar refractivity (Wildman–Crippen MR) is 373 cm³/mol. The summed E-state index contributed by atoms with van der Waals surface area (Å²) in [5, 5.41) is 59.0. The van der Waals surface area contributed by atoms with E-state index in [1.54, 1.807) is 27.7 Å². The molecule has 0 aromatic heterocycles. The number of aliphatic hydroxyl groups is 2. The number of aliphatic hydroxyl groups excluding tert-OH is 2. The predicted octanol–water partition coefficient (Wildman–Crippen LogP) is -24.8. The molecule has 0 radical (unpaired) electrons. The average Bonchev–Trinajstić information content (AvgIpc) is 0.943. The van der Waals surface area contributed by atoms with E-state index in [1.165, 1.54) is 0 Å². The zero-order chi connectivity index (χ0) is 81.8. The maximum atomic E-state index is 14.9. The molecule has 11 amide bonds. The van der Waals surface area contributed by atoms with Gasteiger partial charge in [-0.25, -0.2) is 42.1 Å². The Labute approximate surface area is 765 Å². The van der Waals surface area contributed by atoms with Gasteiger partial charge in [0.15, 0.2) is 0 Å². The number of amides is 11. The van der Waals surface area contributed by atoms with Gasteiger partial charge >= 0.3 is 148 Å². The molecule has 112 heavy (non-hydrogen) atoms. The average molecular weight is 1750 g/mol. The van der Waals surface area contributed by atoms with Crippen molar-refractivity contribution in [3.8, 4) is 0 Å². The molecule has 44 nitrogen and oxygen atoms in total. The molecule has 1 fully saturated rings. The van der Waals surface area contributed by atoms with Crippen LogP contribution in [0.25, 0.3) is 0 Å². The molecule has 0 bridgehead atoms. The molecule has 0 aliphatic carbocycles. The fourth-order valence-electron chi connectivity index (χ4n) is 10.1. The van der Waals surface area contributed by atoms with Crippen molar-refractivity contribution in [2.75, 3.05) is 68.7 Å². The summed E-state index contributed by atoms with van der Waals surface area (Å²) >= 11 is 0. The summed E-state index contributed by atoms with van der Waals surface area (Å²) in [6.45, 7) is 8.83. The van der Waals surface area contributed by atoms with Crippen molar-refractivity contribution in [2.24, 2.45) is 17.8 Å². The van der Waals surface area contributed by atoms with Crippen LogP contribution >= 0.6 is 0 Å². The molecule has 1 heterocycles. The van der Waals surface area contributed by atoms with E-state index in [4.69, 9.17) is 0 Å². The molecule has 3 unspecified atom stereocenters. The van der Waals surface area contributed by atoms with Gasteiger partial charge in [0.2, 0.25) is 65.0 Å². The number of rotatable bonds is 44. The third-order valence-corrected chi connectivity index (χ3v) is 18.6. The molecular weight excluding hydrogens is 1640 g/mol. The number of carbonyl (C=O) groups is 11. The Morgan fingerprint density at radius 1 is 0.438 bits per heavy atom. The van der Waals surface area contributed by atoms with Crippen LogP contribution in [0.3, 0.4) is 0 Å². The molecule has 0 aromatic carbocycles. The Balaban J connectivity index is -0.00000763.